The maximum Gasteiger partial charge on any atom is 0.273 e. The van der Waals surface area contributed by atoms with Crippen LogP contribution in [0.2, 0.25) is 0 Å². The second kappa shape index (κ2) is 7.52. The van der Waals surface area contributed by atoms with Crippen LogP contribution in [0.4, 0.5) is 5.82 Å². The zero-order valence-corrected chi connectivity index (χ0v) is 16.1. The van der Waals surface area contributed by atoms with E-state index < -0.39 is 0 Å². The number of fused-ring (bicyclic) bond motifs is 1. The van der Waals surface area contributed by atoms with Gasteiger partial charge in [0.05, 0.1) is 12.1 Å². The van der Waals surface area contributed by atoms with Crippen LogP contribution >= 0.6 is 12.2 Å². The third kappa shape index (κ3) is 3.73. The summed E-state index contributed by atoms with van der Waals surface area (Å²) in [6.45, 7) is 4.53. The minimum absolute atomic E-state index is 0.215. The lowest BCUT2D eigenvalue weighted by Crippen LogP contribution is -2.30. The maximum absolute atomic E-state index is 12.1. The highest BCUT2D eigenvalue weighted by Crippen LogP contribution is 2.30. The van der Waals surface area contributed by atoms with Crippen LogP contribution in [0.1, 0.15) is 31.7 Å². The average Bonchev–Trinajstić information content (AvgIpc) is 2.99. The highest BCUT2D eigenvalue weighted by atomic mass is 32.1. The summed E-state index contributed by atoms with van der Waals surface area (Å²) in [6, 6.07) is 7.99. The molecule has 1 amide bonds. The number of aromatic nitrogens is 1. The molecule has 1 aromatic heterocycles. The highest BCUT2D eigenvalue weighted by molar-refractivity contribution is 7.80. The predicted octanol–water partition coefficient (Wildman–Crippen LogP) is 2.97. The molecule has 0 unspecified atom stereocenters. The van der Waals surface area contributed by atoms with Crippen molar-refractivity contribution in [2.24, 2.45) is 0 Å². The summed E-state index contributed by atoms with van der Waals surface area (Å²) in [4.78, 5) is 19.3. The summed E-state index contributed by atoms with van der Waals surface area (Å²) < 4.78 is 5.62. The first kappa shape index (κ1) is 17.7. The Labute approximate surface area is 163 Å². The van der Waals surface area contributed by atoms with E-state index in [1.165, 1.54) is 6.42 Å². The Hall–Kier alpha value is -2.67. The van der Waals surface area contributed by atoms with E-state index in [0.717, 1.165) is 54.0 Å². The summed E-state index contributed by atoms with van der Waals surface area (Å²) in [7, 11) is 0. The molecular weight excluding hydrogens is 360 g/mol. The summed E-state index contributed by atoms with van der Waals surface area (Å²) in [6.07, 6.45) is 5.39. The molecule has 6 nitrogen and oxygen atoms in total. The number of hydrogen-bond acceptors (Lipinski definition) is 5. The first-order chi connectivity index (χ1) is 13.1. The molecule has 0 spiro atoms. The Morgan fingerprint density at radius 2 is 2.04 bits per heavy atom. The van der Waals surface area contributed by atoms with E-state index in [1.807, 2.05) is 31.2 Å². The van der Waals surface area contributed by atoms with Crippen LogP contribution in [0.3, 0.4) is 0 Å². The van der Waals surface area contributed by atoms with E-state index in [2.05, 4.69) is 21.6 Å². The van der Waals surface area contributed by atoms with Gasteiger partial charge in [0, 0.05) is 24.0 Å². The van der Waals surface area contributed by atoms with Gasteiger partial charge in [0.25, 0.3) is 5.91 Å². The monoisotopic (exact) mass is 382 g/mol. The van der Waals surface area contributed by atoms with Gasteiger partial charge in [-0.25, -0.2) is 4.98 Å². The number of thiocarbonyl (C=S) groups is 1. The Bertz CT molecular complexity index is 935. The summed E-state index contributed by atoms with van der Waals surface area (Å²) >= 11 is 5.04. The molecule has 2 N–H and O–H groups in total. The second-order valence-corrected chi connectivity index (χ2v) is 7.11. The van der Waals surface area contributed by atoms with E-state index >= 15 is 0 Å². The number of pyridine rings is 1. The normalized spacial score (nSPS) is 18.7. The standard InChI is InChI=1S/C20H22N4O2S/c1-2-26-15-6-7-16-13(11-15)10-14(12-17-19(25)23-20(27)22-17)18(21-16)24-8-4-3-5-9-24/h6-7,10-12H,2-5,8-9H2,1H3,(H2,22,23,25,27). The van der Waals surface area contributed by atoms with Gasteiger partial charge in [-0.15, -0.1) is 0 Å². The molecule has 140 valence electrons. The number of piperidine rings is 1. The van der Waals surface area contributed by atoms with Gasteiger partial charge in [-0.3, -0.25) is 10.1 Å². The molecule has 2 saturated heterocycles. The van der Waals surface area contributed by atoms with E-state index in [-0.39, 0.29) is 5.91 Å². The van der Waals surface area contributed by atoms with Crippen LogP contribution in [-0.4, -0.2) is 35.7 Å². The van der Waals surface area contributed by atoms with E-state index in [1.54, 1.807) is 0 Å². The van der Waals surface area contributed by atoms with Gasteiger partial charge in [0.15, 0.2) is 5.11 Å². The summed E-state index contributed by atoms with van der Waals surface area (Å²) in [5, 5.41) is 6.84. The first-order valence-corrected chi connectivity index (χ1v) is 9.71. The molecule has 0 radical (unpaired) electrons. The van der Waals surface area contributed by atoms with Gasteiger partial charge in [-0.1, -0.05) is 0 Å². The van der Waals surface area contributed by atoms with Crippen LogP contribution in [0, 0.1) is 0 Å². The number of carbonyl (C=O) groups excluding carboxylic acids is 1. The maximum atomic E-state index is 12.1. The fourth-order valence-corrected chi connectivity index (χ4v) is 3.72. The quantitative estimate of drug-likeness (QED) is 0.626. The fourth-order valence-electron chi connectivity index (χ4n) is 3.52. The highest BCUT2D eigenvalue weighted by Gasteiger charge is 2.22. The molecule has 2 aliphatic rings. The largest absolute Gasteiger partial charge is 0.494 e. The van der Waals surface area contributed by atoms with Gasteiger partial charge in [-0.2, -0.15) is 0 Å². The van der Waals surface area contributed by atoms with Crippen molar-refractivity contribution in [2.75, 3.05) is 24.6 Å². The van der Waals surface area contributed by atoms with Crippen molar-refractivity contribution < 1.29 is 9.53 Å². The smallest absolute Gasteiger partial charge is 0.273 e. The molecule has 27 heavy (non-hydrogen) atoms. The van der Waals surface area contributed by atoms with Crippen molar-refractivity contribution in [3.05, 3.63) is 35.5 Å². The topological polar surface area (TPSA) is 66.5 Å². The van der Waals surface area contributed by atoms with Gasteiger partial charge in [0.1, 0.15) is 17.3 Å². The first-order valence-electron chi connectivity index (χ1n) is 9.30. The lowest BCUT2D eigenvalue weighted by molar-refractivity contribution is -0.115. The number of hydrogen-bond donors (Lipinski definition) is 2. The van der Waals surface area contributed by atoms with Crippen LogP contribution in [-0.2, 0) is 4.79 Å². The van der Waals surface area contributed by atoms with Crippen molar-refractivity contribution in [1.29, 1.82) is 0 Å². The van der Waals surface area contributed by atoms with Crippen molar-refractivity contribution in [2.45, 2.75) is 26.2 Å². The van der Waals surface area contributed by atoms with Gasteiger partial charge < -0.3 is 15.0 Å². The molecule has 2 aliphatic heterocycles. The second-order valence-electron chi connectivity index (χ2n) is 6.70. The molecule has 0 aliphatic carbocycles. The zero-order chi connectivity index (χ0) is 18.8. The number of rotatable bonds is 4. The van der Waals surface area contributed by atoms with E-state index in [0.29, 0.717) is 17.4 Å². The molecule has 0 bridgehead atoms. The fraction of sp³-hybridized carbons (Fsp3) is 0.350. The molecule has 2 fully saturated rings. The van der Waals surface area contributed by atoms with E-state index in [4.69, 9.17) is 21.9 Å². The zero-order valence-electron chi connectivity index (χ0n) is 15.2. The van der Waals surface area contributed by atoms with Gasteiger partial charge >= 0.3 is 0 Å². The molecule has 7 heteroatoms. The van der Waals surface area contributed by atoms with Gasteiger partial charge in [-0.05, 0) is 68.7 Å². The molecular formula is C20H22N4O2S. The van der Waals surface area contributed by atoms with Crippen LogP contribution in [0.5, 0.6) is 5.75 Å². The van der Waals surface area contributed by atoms with Crippen LogP contribution in [0.15, 0.2) is 30.0 Å². The molecule has 1 aromatic carbocycles. The third-order valence-electron chi connectivity index (χ3n) is 4.78. The summed E-state index contributed by atoms with van der Waals surface area (Å²) in [5.74, 6) is 1.51. The summed E-state index contributed by atoms with van der Waals surface area (Å²) in [5.41, 5.74) is 2.27. The number of amides is 1. The molecule has 2 aromatic rings. The Balaban J connectivity index is 1.82. The molecule has 0 atom stereocenters. The minimum atomic E-state index is -0.215. The van der Waals surface area contributed by atoms with Crippen molar-refractivity contribution >= 4 is 46.0 Å². The minimum Gasteiger partial charge on any atom is -0.494 e. The lowest BCUT2D eigenvalue weighted by atomic mass is 10.1. The number of ether oxygens (including phenoxy) is 1. The van der Waals surface area contributed by atoms with E-state index in [9.17, 15) is 4.79 Å². The number of nitrogens with zero attached hydrogens (tertiary/aromatic N) is 2. The average molecular weight is 382 g/mol. The SMILES string of the molecule is CCOc1ccc2nc(N3CCCCC3)c(C=C3NC(=S)NC3=O)cc2c1. The Morgan fingerprint density at radius 3 is 2.74 bits per heavy atom. The Kier molecular flexibility index (Phi) is 4.94. The predicted molar refractivity (Wildman–Crippen MR) is 111 cm³/mol. The van der Waals surface area contributed by atoms with Crippen LogP contribution < -0.4 is 20.3 Å². The Morgan fingerprint density at radius 1 is 1.22 bits per heavy atom. The number of anilines is 1. The molecule has 4 rings (SSSR count). The number of nitrogens with one attached hydrogen (secondary N) is 2. The third-order valence-corrected chi connectivity index (χ3v) is 4.99. The van der Waals surface area contributed by atoms with Crippen molar-refractivity contribution in [3.8, 4) is 5.75 Å². The van der Waals surface area contributed by atoms with Crippen molar-refractivity contribution in [3.63, 3.8) is 0 Å². The van der Waals surface area contributed by atoms with Gasteiger partial charge in [0.2, 0.25) is 0 Å². The number of carbonyl (C=O) groups is 1. The van der Waals surface area contributed by atoms with Crippen molar-refractivity contribution in [1.82, 2.24) is 15.6 Å². The number of benzene rings is 1. The molecule has 3 heterocycles. The van der Waals surface area contributed by atoms with Crippen LogP contribution in [0.25, 0.3) is 17.0 Å². The molecule has 0 saturated carbocycles. The lowest BCUT2D eigenvalue weighted by Gasteiger charge is -2.29.